The van der Waals surface area contributed by atoms with Gasteiger partial charge >= 0.3 is 0 Å². The Morgan fingerprint density at radius 2 is 2.00 bits per heavy atom. The van der Waals surface area contributed by atoms with Gasteiger partial charge in [0.25, 0.3) is 0 Å². The van der Waals surface area contributed by atoms with Gasteiger partial charge in [0.05, 0.1) is 6.54 Å². The summed E-state index contributed by atoms with van der Waals surface area (Å²) in [4.78, 5) is 21.6. The van der Waals surface area contributed by atoms with E-state index in [-0.39, 0.29) is 12.5 Å². The van der Waals surface area contributed by atoms with E-state index in [0.717, 1.165) is 18.4 Å². The molecule has 1 heterocycles. The monoisotopic (exact) mass is 251 g/mol. The van der Waals surface area contributed by atoms with E-state index in [1.165, 1.54) is 0 Å². The second-order valence-electron chi connectivity index (χ2n) is 4.20. The fourth-order valence-corrected chi connectivity index (χ4v) is 1.74. The third-order valence-electron chi connectivity index (χ3n) is 2.71. The first kappa shape index (κ1) is 14.2. The lowest BCUT2D eigenvalue weighted by molar-refractivity contribution is -0.116. The minimum absolute atomic E-state index is 0.138. The number of nitrogens with zero attached hydrogens (tertiary/aromatic N) is 3. The molecule has 0 unspecified atom stereocenters. The molecule has 4 N–H and O–H groups in total. The molecule has 0 saturated heterocycles. The second-order valence-corrected chi connectivity index (χ2v) is 4.20. The van der Waals surface area contributed by atoms with E-state index in [2.05, 4.69) is 16.9 Å². The summed E-state index contributed by atoms with van der Waals surface area (Å²) in [5.74, 6) is 1.49. The molecule has 0 aliphatic rings. The van der Waals surface area contributed by atoms with Gasteiger partial charge in [-0.1, -0.05) is 6.92 Å². The Morgan fingerprint density at radius 3 is 2.50 bits per heavy atom. The third kappa shape index (κ3) is 3.32. The second kappa shape index (κ2) is 6.18. The molecule has 100 valence electrons. The van der Waals surface area contributed by atoms with Crippen molar-refractivity contribution in [3.8, 4) is 0 Å². The lowest BCUT2D eigenvalue weighted by atomic mass is 10.2. The van der Waals surface area contributed by atoms with Crippen LogP contribution in [-0.2, 0) is 11.2 Å². The molecule has 6 heteroatoms. The zero-order valence-corrected chi connectivity index (χ0v) is 11.2. The van der Waals surface area contributed by atoms with Gasteiger partial charge in [-0.2, -0.15) is 0 Å². The first-order valence-corrected chi connectivity index (χ1v) is 6.15. The van der Waals surface area contributed by atoms with Crippen LogP contribution in [0, 0.1) is 6.92 Å². The number of hydrogen-bond acceptors (Lipinski definition) is 5. The summed E-state index contributed by atoms with van der Waals surface area (Å²) in [5.41, 5.74) is 11.9. The molecule has 0 saturated carbocycles. The average molecular weight is 251 g/mol. The number of carbonyl (C=O) groups excluding carboxylic acids is 1. The molecule has 1 rings (SSSR count). The molecular weight excluding hydrogens is 230 g/mol. The van der Waals surface area contributed by atoms with Crippen LogP contribution in [0.1, 0.15) is 31.7 Å². The third-order valence-corrected chi connectivity index (χ3v) is 2.71. The standard InChI is InChI=1S/C12H21N5O/c1-4-6-10-15-11(14)8(3)12(16-10)17(5-2)7-9(13)18/h4-7H2,1-3H3,(H2,13,18)(H2,14,15,16). The van der Waals surface area contributed by atoms with E-state index in [1.807, 2.05) is 18.7 Å². The number of amides is 1. The highest BCUT2D eigenvalue weighted by Crippen LogP contribution is 2.21. The summed E-state index contributed by atoms with van der Waals surface area (Å²) in [6, 6.07) is 0. The summed E-state index contributed by atoms with van der Waals surface area (Å²) in [6.45, 7) is 6.63. The Hall–Kier alpha value is -1.85. The van der Waals surface area contributed by atoms with E-state index in [1.54, 1.807) is 0 Å². The van der Waals surface area contributed by atoms with E-state index in [0.29, 0.717) is 24.0 Å². The van der Waals surface area contributed by atoms with E-state index >= 15 is 0 Å². The van der Waals surface area contributed by atoms with Crippen LogP contribution >= 0.6 is 0 Å². The number of nitrogens with two attached hydrogens (primary N) is 2. The largest absolute Gasteiger partial charge is 0.383 e. The fourth-order valence-electron chi connectivity index (χ4n) is 1.74. The maximum Gasteiger partial charge on any atom is 0.236 e. The normalized spacial score (nSPS) is 10.4. The van der Waals surface area contributed by atoms with Gasteiger partial charge in [-0.25, -0.2) is 9.97 Å². The summed E-state index contributed by atoms with van der Waals surface area (Å²) in [6.07, 6.45) is 1.72. The maximum atomic E-state index is 11.1. The summed E-state index contributed by atoms with van der Waals surface area (Å²) in [7, 11) is 0. The number of aryl methyl sites for hydroxylation is 1. The molecule has 1 amide bonds. The molecule has 1 aromatic rings. The van der Waals surface area contributed by atoms with Crippen LogP contribution in [-0.4, -0.2) is 29.0 Å². The van der Waals surface area contributed by atoms with Crippen molar-refractivity contribution in [2.24, 2.45) is 5.73 Å². The maximum absolute atomic E-state index is 11.1. The lowest BCUT2D eigenvalue weighted by Crippen LogP contribution is -2.35. The molecule has 18 heavy (non-hydrogen) atoms. The van der Waals surface area contributed by atoms with Crippen LogP contribution in [0.25, 0.3) is 0 Å². The Morgan fingerprint density at radius 1 is 1.33 bits per heavy atom. The van der Waals surface area contributed by atoms with E-state index in [9.17, 15) is 4.79 Å². The van der Waals surface area contributed by atoms with Gasteiger partial charge in [0, 0.05) is 18.5 Å². The van der Waals surface area contributed by atoms with Crippen LogP contribution < -0.4 is 16.4 Å². The average Bonchev–Trinajstić information content (AvgIpc) is 2.31. The van der Waals surface area contributed by atoms with Crippen molar-refractivity contribution < 1.29 is 4.79 Å². The Labute approximate surface area is 107 Å². The molecule has 1 aromatic heterocycles. The van der Waals surface area contributed by atoms with Crippen molar-refractivity contribution in [3.05, 3.63) is 11.4 Å². The van der Waals surface area contributed by atoms with Gasteiger partial charge in [0.15, 0.2) is 0 Å². The lowest BCUT2D eigenvalue weighted by Gasteiger charge is -2.23. The number of nitrogen functional groups attached to an aromatic ring is 1. The molecule has 0 bridgehead atoms. The number of likely N-dealkylation sites (N-methyl/N-ethyl adjacent to an activating group) is 1. The Kier molecular flexibility index (Phi) is 4.88. The number of carbonyl (C=O) groups is 1. The number of primary amides is 1. The highest BCUT2D eigenvalue weighted by atomic mass is 16.1. The van der Waals surface area contributed by atoms with Crippen molar-refractivity contribution in [1.82, 2.24) is 9.97 Å². The molecule has 0 spiro atoms. The highest BCUT2D eigenvalue weighted by Gasteiger charge is 2.15. The number of anilines is 2. The predicted molar refractivity (Wildman–Crippen MR) is 72.3 cm³/mol. The zero-order valence-electron chi connectivity index (χ0n) is 11.2. The van der Waals surface area contributed by atoms with Gasteiger partial charge < -0.3 is 16.4 Å². The van der Waals surface area contributed by atoms with Gasteiger partial charge in [-0.3, -0.25) is 4.79 Å². The van der Waals surface area contributed by atoms with Crippen LogP contribution in [0.15, 0.2) is 0 Å². The smallest absolute Gasteiger partial charge is 0.236 e. The Bertz CT molecular complexity index is 433. The SMILES string of the molecule is CCCc1nc(N)c(C)c(N(CC)CC(N)=O)n1. The molecular formula is C12H21N5O. The summed E-state index contributed by atoms with van der Waals surface area (Å²) >= 11 is 0. The van der Waals surface area contributed by atoms with Crippen molar-refractivity contribution in [2.45, 2.75) is 33.6 Å². The van der Waals surface area contributed by atoms with Crippen LogP contribution in [0.2, 0.25) is 0 Å². The quantitative estimate of drug-likeness (QED) is 0.772. The van der Waals surface area contributed by atoms with Crippen LogP contribution in [0.4, 0.5) is 11.6 Å². The minimum atomic E-state index is -0.384. The van der Waals surface area contributed by atoms with Crippen LogP contribution in [0.5, 0.6) is 0 Å². The topological polar surface area (TPSA) is 98.1 Å². The fraction of sp³-hybridized carbons (Fsp3) is 0.583. The minimum Gasteiger partial charge on any atom is -0.383 e. The molecule has 6 nitrogen and oxygen atoms in total. The highest BCUT2D eigenvalue weighted by molar-refractivity contribution is 5.79. The number of hydrogen-bond donors (Lipinski definition) is 2. The van der Waals surface area contributed by atoms with Crippen molar-refractivity contribution in [2.75, 3.05) is 23.7 Å². The molecule has 0 radical (unpaired) electrons. The summed E-state index contributed by atoms with van der Waals surface area (Å²) < 4.78 is 0. The number of aromatic nitrogens is 2. The van der Waals surface area contributed by atoms with Gasteiger partial charge in [-0.15, -0.1) is 0 Å². The molecule has 0 aliphatic heterocycles. The van der Waals surface area contributed by atoms with Crippen molar-refractivity contribution >= 4 is 17.5 Å². The van der Waals surface area contributed by atoms with Gasteiger partial charge in [0.2, 0.25) is 5.91 Å². The molecule has 0 fully saturated rings. The predicted octanol–water partition coefficient (Wildman–Crippen LogP) is 0.631. The van der Waals surface area contributed by atoms with E-state index < -0.39 is 0 Å². The molecule has 0 aromatic carbocycles. The first-order chi connectivity index (χ1) is 8.49. The van der Waals surface area contributed by atoms with Crippen molar-refractivity contribution in [1.29, 1.82) is 0 Å². The van der Waals surface area contributed by atoms with Gasteiger partial charge in [-0.05, 0) is 20.3 Å². The van der Waals surface area contributed by atoms with Crippen molar-refractivity contribution in [3.63, 3.8) is 0 Å². The molecule has 0 atom stereocenters. The van der Waals surface area contributed by atoms with E-state index in [4.69, 9.17) is 11.5 Å². The number of rotatable bonds is 6. The molecule has 0 aliphatic carbocycles. The first-order valence-electron chi connectivity index (χ1n) is 6.15. The van der Waals surface area contributed by atoms with Gasteiger partial charge in [0.1, 0.15) is 17.5 Å². The van der Waals surface area contributed by atoms with Crippen LogP contribution in [0.3, 0.4) is 0 Å². The summed E-state index contributed by atoms with van der Waals surface area (Å²) in [5, 5.41) is 0. The zero-order chi connectivity index (χ0) is 13.7. The Balaban J connectivity index is 3.14.